The Hall–Kier alpha value is -1.94. The third kappa shape index (κ3) is 3.39. The summed E-state index contributed by atoms with van der Waals surface area (Å²) in [5.41, 5.74) is 0.722. The van der Waals surface area contributed by atoms with Gasteiger partial charge in [-0.1, -0.05) is 0 Å². The van der Waals surface area contributed by atoms with E-state index >= 15 is 0 Å². The van der Waals surface area contributed by atoms with Crippen LogP contribution >= 0.6 is 11.3 Å². The van der Waals surface area contributed by atoms with Gasteiger partial charge >= 0.3 is 5.97 Å². The van der Waals surface area contributed by atoms with Gasteiger partial charge in [0.15, 0.2) is 5.13 Å². The number of rotatable bonds is 6. The number of sulfonamides is 1. The molecular weight excluding hydrogens is 316 g/mol. The predicted molar refractivity (Wildman–Crippen MR) is 76.9 cm³/mol. The summed E-state index contributed by atoms with van der Waals surface area (Å²) in [6.45, 7) is 3.29. The first-order valence-corrected chi connectivity index (χ1v) is 8.35. The Labute approximate surface area is 125 Å². The fourth-order valence-electron chi connectivity index (χ4n) is 1.93. The van der Waals surface area contributed by atoms with Crippen LogP contribution in [-0.2, 0) is 21.4 Å². The summed E-state index contributed by atoms with van der Waals surface area (Å²) in [4.78, 5) is 14.5. The van der Waals surface area contributed by atoms with Crippen molar-refractivity contribution in [3.63, 3.8) is 0 Å². The van der Waals surface area contributed by atoms with Crippen LogP contribution in [0, 0.1) is 13.8 Å². The molecule has 0 aliphatic carbocycles. The van der Waals surface area contributed by atoms with Gasteiger partial charge in [-0.2, -0.15) is 5.10 Å². The predicted octanol–water partition coefficient (Wildman–Crippen LogP) is 1.23. The number of nitrogens with one attached hydrogen (secondary N) is 1. The Morgan fingerprint density at radius 2 is 2.19 bits per heavy atom. The molecular formula is C11H14N4O4S2. The van der Waals surface area contributed by atoms with Crippen LogP contribution in [0.5, 0.6) is 0 Å². The molecule has 0 fully saturated rings. The summed E-state index contributed by atoms with van der Waals surface area (Å²) in [6, 6.07) is 0. The molecule has 0 saturated carbocycles. The lowest BCUT2D eigenvalue weighted by molar-refractivity contribution is -0.137. The summed E-state index contributed by atoms with van der Waals surface area (Å²) >= 11 is 1.17. The first kappa shape index (κ1) is 15.4. The molecule has 21 heavy (non-hydrogen) atoms. The number of nitrogens with zero attached hydrogens (tertiary/aromatic N) is 3. The topological polar surface area (TPSA) is 114 Å². The van der Waals surface area contributed by atoms with E-state index in [-0.39, 0.29) is 23.0 Å². The quantitative estimate of drug-likeness (QED) is 0.823. The maximum Gasteiger partial charge on any atom is 0.305 e. The van der Waals surface area contributed by atoms with Crippen LogP contribution in [0.1, 0.15) is 17.8 Å². The van der Waals surface area contributed by atoms with Gasteiger partial charge in [-0.05, 0) is 13.8 Å². The fourth-order valence-corrected chi connectivity index (χ4v) is 4.13. The maximum absolute atomic E-state index is 12.4. The molecule has 114 valence electrons. The van der Waals surface area contributed by atoms with E-state index in [1.807, 2.05) is 0 Å². The zero-order valence-corrected chi connectivity index (χ0v) is 13.0. The SMILES string of the molecule is Cc1nn(CCC(=O)O)c(C)c1S(=O)(=O)Nc1nccs1. The first-order valence-electron chi connectivity index (χ1n) is 5.99. The number of carboxylic acids is 1. The summed E-state index contributed by atoms with van der Waals surface area (Å²) < 4.78 is 28.5. The fraction of sp³-hybridized carbons (Fsp3) is 0.364. The van der Waals surface area contributed by atoms with Crippen molar-refractivity contribution in [2.45, 2.75) is 31.7 Å². The normalized spacial score (nSPS) is 11.5. The van der Waals surface area contributed by atoms with Gasteiger partial charge in [-0.15, -0.1) is 11.3 Å². The van der Waals surface area contributed by atoms with E-state index in [9.17, 15) is 13.2 Å². The van der Waals surface area contributed by atoms with E-state index in [1.54, 1.807) is 19.2 Å². The third-order valence-electron chi connectivity index (χ3n) is 2.78. The van der Waals surface area contributed by atoms with Gasteiger partial charge in [0.05, 0.1) is 24.4 Å². The number of aliphatic carboxylic acids is 1. The van der Waals surface area contributed by atoms with Crippen LogP contribution in [0.25, 0.3) is 0 Å². The highest BCUT2D eigenvalue weighted by molar-refractivity contribution is 7.93. The Morgan fingerprint density at radius 3 is 2.76 bits per heavy atom. The summed E-state index contributed by atoms with van der Waals surface area (Å²) in [7, 11) is -3.80. The average molecular weight is 330 g/mol. The smallest absolute Gasteiger partial charge is 0.305 e. The van der Waals surface area contributed by atoms with E-state index in [2.05, 4.69) is 14.8 Å². The second-order valence-electron chi connectivity index (χ2n) is 4.31. The van der Waals surface area contributed by atoms with Gasteiger partial charge in [0.1, 0.15) is 4.90 Å². The number of aryl methyl sites for hydroxylation is 2. The van der Waals surface area contributed by atoms with Crippen molar-refractivity contribution in [2.24, 2.45) is 0 Å². The van der Waals surface area contributed by atoms with Gasteiger partial charge in [0.25, 0.3) is 10.0 Å². The van der Waals surface area contributed by atoms with Gasteiger partial charge in [-0.3, -0.25) is 14.2 Å². The molecule has 0 bridgehead atoms. The molecule has 0 unspecified atom stereocenters. The van der Waals surface area contributed by atoms with E-state index < -0.39 is 16.0 Å². The average Bonchev–Trinajstić information content (AvgIpc) is 2.94. The molecule has 2 N–H and O–H groups in total. The summed E-state index contributed by atoms with van der Waals surface area (Å²) in [6.07, 6.45) is 1.37. The highest BCUT2D eigenvalue weighted by Crippen LogP contribution is 2.23. The van der Waals surface area contributed by atoms with Crippen LogP contribution < -0.4 is 4.72 Å². The molecule has 0 aliphatic rings. The highest BCUT2D eigenvalue weighted by Gasteiger charge is 2.25. The van der Waals surface area contributed by atoms with Crippen molar-refractivity contribution in [3.8, 4) is 0 Å². The van der Waals surface area contributed by atoms with Gasteiger partial charge in [0.2, 0.25) is 0 Å². The lowest BCUT2D eigenvalue weighted by atomic mass is 10.4. The van der Waals surface area contributed by atoms with E-state index in [1.165, 1.54) is 22.2 Å². The molecule has 0 atom stereocenters. The molecule has 0 spiro atoms. The molecule has 0 radical (unpaired) electrons. The van der Waals surface area contributed by atoms with E-state index in [4.69, 9.17) is 5.11 Å². The zero-order valence-electron chi connectivity index (χ0n) is 11.4. The Bertz CT molecular complexity index is 750. The van der Waals surface area contributed by atoms with Crippen molar-refractivity contribution in [1.29, 1.82) is 0 Å². The minimum atomic E-state index is -3.80. The molecule has 2 aromatic rings. The van der Waals surface area contributed by atoms with Gasteiger partial charge in [0, 0.05) is 11.6 Å². The lowest BCUT2D eigenvalue weighted by Gasteiger charge is -2.06. The largest absolute Gasteiger partial charge is 0.481 e. The molecule has 0 aliphatic heterocycles. The number of hydrogen-bond acceptors (Lipinski definition) is 6. The summed E-state index contributed by atoms with van der Waals surface area (Å²) in [5.74, 6) is -0.965. The molecule has 0 saturated heterocycles. The second-order valence-corrected chi connectivity index (χ2v) is 6.82. The van der Waals surface area contributed by atoms with Crippen LogP contribution in [0.15, 0.2) is 16.5 Å². The molecule has 10 heteroatoms. The van der Waals surface area contributed by atoms with Crippen molar-refractivity contribution >= 4 is 32.5 Å². The summed E-state index contributed by atoms with van der Waals surface area (Å²) in [5, 5.41) is 14.7. The maximum atomic E-state index is 12.4. The van der Waals surface area contributed by atoms with Crippen LogP contribution in [0.4, 0.5) is 5.13 Å². The van der Waals surface area contributed by atoms with Crippen LogP contribution in [0.2, 0.25) is 0 Å². The van der Waals surface area contributed by atoms with Gasteiger partial charge in [-0.25, -0.2) is 13.4 Å². The highest BCUT2D eigenvalue weighted by atomic mass is 32.2. The van der Waals surface area contributed by atoms with Crippen molar-refractivity contribution < 1.29 is 18.3 Å². The molecule has 2 aromatic heterocycles. The molecule has 2 heterocycles. The van der Waals surface area contributed by atoms with Crippen molar-refractivity contribution in [1.82, 2.24) is 14.8 Å². The molecule has 0 aromatic carbocycles. The minimum Gasteiger partial charge on any atom is -0.481 e. The van der Waals surface area contributed by atoms with E-state index in [0.29, 0.717) is 11.4 Å². The Morgan fingerprint density at radius 1 is 1.48 bits per heavy atom. The molecule has 2 rings (SSSR count). The third-order valence-corrected chi connectivity index (χ3v) is 5.18. The first-order chi connectivity index (χ1) is 9.81. The van der Waals surface area contributed by atoms with Crippen molar-refractivity contribution in [2.75, 3.05) is 4.72 Å². The number of anilines is 1. The van der Waals surface area contributed by atoms with E-state index in [0.717, 1.165) is 0 Å². The second kappa shape index (κ2) is 5.82. The van der Waals surface area contributed by atoms with Crippen LogP contribution in [-0.4, -0.2) is 34.3 Å². The molecule has 8 nitrogen and oxygen atoms in total. The minimum absolute atomic E-state index is 0.0584. The number of aromatic nitrogens is 3. The Balaban J connectivity index is 2.33. The molecule has 0 amide bonds. The Kier molecular flexibility index (Phi) is 4.28. The van der Waals surface area contributed by atoms with Gasteiger partial charge < -0.3 is 5.11 Å². The lowest BCUT2D eigenvalue weighted by Crippen LogP contribution is -2.15. The number of carboxylic acid groups (broad SMARTS) is 1. The number of hydrogen-bond donors (Lipinski definition) is 2. The number of carbonyl (C=O) groups is 1. The standard InChI is InChI=1S/C11H14N4O4S2/c1-7-10(8(2)15(13-7)5-3-9(16)17)21(18,19)14-11-12-4-6-20-11/h4,6H,3,5H2,1-2H3,(H,12,14)(H,16,17). The monoisotopic (exact) mass is 330 g/mol. The zero-order chi connectivity index (χ0) is 15.6. The van der Waals surface area contributed by atoms with Crippen LogP contribution in [0.3, 0.4) is 0 Å². The van der Waals surface area contributed by atoms with Crippen molar-refractivity contribution in [3.05, 3.63) is 23.0 Å². The number of thiazole rings is 1.